The summed E-state index contributed by atoms with van der Waals surface area (Å²) in [6.07, 6.45) is 2.01. The van der Waals surface area contributed by atoms with Gasteiger partial charge < -0.3 is 19.7 Å². The van der Waals surface area contributed by atoms with E-state index in [0.29, 0.717) is 22.6 Å². The topological polar surface area (TPSA) is 62.8 Å². The second-order valence-corrected chi connectivity index (χ2v) is 10.9. The van der Waals surface area contributed by atoms with E-state index in [2.05, 4.69) is 0 Å². The van der Waals surface area contributed by atoms with Gasteiger partial charge in [-0.3, -0.25) is 0 Å². The zero-order valence-corrected chi connectivity index (χ0v) is 25.1. The molecular formula is C38H32F2NO4+. The number of benzene rings is 5. The Kier molecular flexibility index (Phi) is 8.30. The van der Waals surface area contributed by atoms with Crippen LogP contribution < -0.4 is 14.0 Å². The number of nitrogens with zero attached hydrogens (tertiary/aromatic N) is 1. The molecule has 0 bridgehead atoms. The molecular weight excluding hydrogens is 572 g/mol. The van der Waals surface area contributed by atoms with Crippen LogP contribution in [0.15, 0.2) is 103 Å². The molecule has 6 aromatic rings. The molecule has 0 saturated heterocycles. The standard InChI is InChI=1S/C38H32F2NO4/c1-41-20-30(15-29-16-31(21-42)32(22-43)18-36(29)41)27-17-35(38(45-3)37(19-27)44-2)28-13-25(23-4-8-33(39)9-5-23)12-26(14-28)24-6-10-34(40)11-7-24/h4-20,42-43H,21-22H2,1-3H3/q+1. The highest BCUT2D eigenvalue weighted by molar-refractivity contribution is 5.88. The van der Waals surface area contributed by atoms with Gasteiger partial charge in [-0.15, -0.1) is 0 Å². The fourth-order valence-electron chi connectivity index (χ4n) is 5.80. The molecule has 6 rings (SSSR count). The number of methoxy groups -OCH3 is 2. The van der Waals surface area contributed by atoms with Gasteiger partial charge in [0.1, 0.15) is 18.7 Å². The Bertz CT molecular complexity index is 1960. The summed E-state index contributed by atoms with van der Waals surface area (Å²) in [6.45, 7) is -0.343. The van der Waals surface area contributed by atoms with Crippen LogP contribution in [0.5, 0.6) is 11.5 Å². The van der Waals surface area contributed by atoms with Gasteiger partial charge in [-0.2, -0.15) is 0 Å². The van der Waals surface area contributed by atoms with Crippen molar-refractivity contribution < 1.29 is 33.0 Å². The van der Waals surface area contributed by atoms with Gasteiger partial charge in [0.2, 0.25) is 5.52 Å². The molecule has 0 aliphatic rings. The molecule has 1 aromatic heterocycles. The van der Waals surface area contributed by atoms with Crippen LogP contribution >= 0.6 is 0 Å². The smallest absolute Gasteiger partial charge is 0.212 e. The predicted molar refractivity (Wildman–Crippen MR) is 172 cm³/mol. The molecule has 0 fully saturated rings. The summed E-state index contributed by atoms with van der Waals surface area (Å²) in [6, 6.07) is 28.5. The second kappa shape index (κ2) is 12.5. The quantitative estimate of drug-likeness (QED) is 0.176. The fourth-order valence-corrected chi connectivity index (χ4v) is 5.80. The predicted octanol–water partition coefficient (Wildman–Crippen LogP) is 7.61. The number of aliphatic hydroxyl groups excluding tert-OH is 2. The molecule has 7 heteroatoms. The highest BCUT2D eigenvalue weighted by Gasteiger charge is 2.20. The van der Waals surface area contributed by atoms with Crippen LogP contribution in [-0.4, -0.2) is 24.4 Å². The largest absolute Gasteiger partial charge is 0.493 e. The highest BCUT2D eigenvalue weighted by atomic mass is 19.1. The van der Waals surface area contributed by atoms with Crippen molar-refractivity contribution >= 4 is 10.9 Å². The Hall–Kier alpha value is -5.11. The van der Waals surface area contributed by atoms with E-state index >= 15 is 0 Å². The zero-order valence-electron chi connectivity index (χ0n) is 25.1. The first-order valence-corrected chi connectivity index (χ1v) is 14.4. The number of aliphatic hydroxyl groups is 2. The molecule has 1 heterocycles. The molecule has 5 nitrogen and oxygen atoms in total. The van der Waals surface area contributed by atoms with Crippen LogP contribution in [0.3, 0.4) is 0 Å². The molecule has 5 aromatic carbocycles. The van der Waals surface area contributed by atoms with Crippen molar-refractivity contribution in [1.82, 2.24) is 0 Å². The molecule has 0 radical (unpaired) electrons. The first-order valence-electron chi connectivity index (χ1n) is 14.4. The van der Waals surface area contributed by atoms with Crippen LogP contribution in [0.4, 0.5) is 8.78 Å². The molecule has 0 atom stereocenters. The number of aromatic nitrogens is 1. The normalized spacial score (nSPS) is 11.2. The average molecular weight is 605 g/mol. The fraction of sp³-hybridized carbons (Fsp3) is 0.132. The highest BCUT2D eigenvalue weighted by Crippen LogP contribution is 2.44. The Morgan fingerprint density at radius 1 is 0.578 bits per heavy atom. The van der Waals surface area contributed by atoms with Crippen LogP contribution in [-0.2, 0) is 20.3 Å². The third-order valence-corrected chi connectivity index (χ3v) is 8.12. The molecule has 0 unspecified atom stereocenters. The van der Waals surface area contributed by atoms with Gasteiger partial charge in [-0.25, -0.2) is 13.3 Å². The molecule has 0 spiro atoms. The summed E-state index contributed by atoms with van der Waals surface area (Å²) in [5.41, 5.74) is 8.99. The van der Waals surface area contributed by atoms with Gasteiger partial charge >= 0.3 is 0 Å². The van der Waals surface area contributed by atoms with E-state index in [-0.39, 0.29) is 24.8 Å². The van der Waals surface area contributed by atoms with Gasteiger partial charge in [0.15, 0.2) is 17.7 Å². The Morgan fingerprint density at radius 2 is 1.11 bits per heavy atom. The van der Waals surface area contributed by atoms with Gasteiger partial charge in [-0.1, -0.05) is 24.3 Å². The van der Waals surface area contributed by atoms with E-state index in [1.807, 2.05) is 66.3 Å². The minimum Gasteiger partial charge on any atom is -0.493 e. The number of rotatable bonds is 8. The summed E-state index contributed by atoms with van der Waals surface area (Å²) >= 11 is 0. The number of halogens is 2. The summed E-state index contributed by atoms with van der Waals surface area (Å²) in [5.74, 6) is 0.433. The van der Waals surface area contributed by atoms with Crippen LogP contribution in [0.1, 0.15) is 11.1 Å². The second-order valence-electron chi connectivity index (χ2n) is 10.9. The number of pyridine rings is 1. The Labute approximate surface area is 260 Å². The monoisotopic (exact) mass is 604 g/mol. The van der Waals surface area contributed by atoms with Crippen LogP contribution in [0, 0.1) is 11.6 Å². The first-order chi connectivity index (χ1) is 21.8. The molecule has 0 saturated carbocycles. The van der Waals surface area contributed by atoms with Gasteiger partial charge in [0, 0.05) is 22.6 Å². The van der Waals surface area contributed by atoms with E-state index in [0.717, 1.165) is 55.4 Å². The van der Waals surface area contributed by atoms with Crippen molar-refractivity contribution in [2.75, 3.05) is 14.2 Å². The van der Waals surface area contributed by atoms with Gasteiger partial charge in [-0.05, 0) is 111 Å². The molecule has 0 aliphatic carbocycles. The molecule has 2 N–H and O–H groups in total. The number of fused-ring (bicyclic) bond motifs is 1. The molecule has 45 heavy (non-hydrogen) atoms. The Balaban J connectivity index is 1.58. The minimum absolute atomic E-state index is 0.163. The maximum absolute atomic E-state index is 13.8. The molecule has 0 amide bonds. The number of aryl methyl sites for hydroxylation is 1. The lowest BCUT2D eigenvalue weighted by Crippen LogP contribution is -2.29. The third kappa shape index (κ3) is 5.88. The van der Waals surface area contributed by atoms with Crippen molar-refractivity contribution in [3.63, 3.8) is 0 Å². The summed E-state index contributed by atoms with van der Waals surface area (Å²) < 4.78 is 41.4. The number of hydrogen-bond donors (Lipinski definition) is 2. The number of ether oxygens (including phenoxy) is 2. The summed E-state index contributed by atoms with van der Waals surface area (Å²) in [7, 11) is 5.12. The minimum atomic E-state index is -0.324. The summed E-state index contributed by atoms with van der Waals surface area (Å²) in [4.78, 5) is 0. The molecule has 0 aliphatic heterocycles. The SMILES string of the molecule is COc1cc(-c2cc3cc(CO)c(CO)cc3[n+](C)c2)cc(-c2cc(-c3ccc(F)cc3)cc(-c3ccc(F)cc3)c2)c1OC. The maximum Gasteiger partial charge on any atom is 0.212 e. The van der Waals surface area contributed by atoms with E-state index in [1.165, 1.54) is 24.3 Å². The van der Waals surface area contributed by atoms with Crippen LogP contribution in [0.25, 0.3) is 55.4 Å². The van der Waals surface area contributed by atoms with Crippen molar-refractivity contribution in [1.29, 1.82) is 0 Å². The van der Waals surface area contributed by atoms with E-state index in [9.17, 15) is 19.0 Å². The van der Waals surface area contributed by atoms with Crippen molar-refractivity contribution in [2.24, 2.45) is 7.05 Å². The lowest BCUT2D eigenvalue weighted by atomic mass is 9.91. The lowest BCUT2D eigenvalue weighted by molar-refractivity contribution is -0.644. The average Bonchev–Trinajstić information content (AvgIpc) is 3.07. The zero-order chi connectivity index (χ0) is 31.7. The lowest BCUT2D eigenvalue weighted by Gasteiger charge is -2.18. The van der Waals surface area contributed by atoms with E-state index in [1.54, 1.807) is 38.5 Å². The van der Waals surface area contributed by atoms with E-state index < -0.39 is 0 Å². The van der Waals surface area contributed by atoms with Crippen molar-refractivity contribution in [2.45, 2.75) is 13.2 Å². The first kappa shape index (κ1) is 29.9. The third-order valence-electron chi connectivity index (χ3n) is 8.12. The molecule has 226 valence electrons. The van der Waals surface area contributed by atoms with Crippen LogP contribution in [0.2, 0.25) is 0 Å². The maximum atomic E-state index is 13.8. The summed E-state index contributed by atoms with van der Waals surface area (Å²) in [5, 5.41) is 20.6. The van der Waals surface area contributed by atoms with Gasteiger partial charge in [0.25, 0.3) is 0 Å². The Morgan fingerprint density at radius 3 is 1.64 bits per heavy atom. The van der Waals surface area contributed by atoms with Crippen molar-refractivity contribution in [3.8, 4) is 56.0 Å². The van der Waals surface area contributed by atoms with Gasteiger partial charge in [0.05, 0.1) is 27.4 Å². The van der Waals surface area contributed by atoms with E-state index in [4.69, 9.17) is 9.47 Å². The number of hydrogen-bond acceptors (Lipinski definition) is 4. The van der Waals surface area contributed by atoms with Crippen molar-refractivity contribution in [3.05, 3.63) is 126 Å².